The first-order valence-corrected chi connectivity index (χ1v) is 10.4. The van der Waals surface area contributed by atoms with Crippen molar-refractivity contribution < 1.29 is 17.5 Å². The van der Waals surface area contributed by atoms with Crippen LogP contribution in [0.5, 0.6) is 0 Å². The minimum atomic E-state index is -4.37. The van der Waals surface area contributed by atoms with Crippen molar-refractivity contribution >= 4 is 33.2 Å². The summed E-state index contributed by atoms with van der Waals surface area (Å²) in [5.41, 5.74) is 0. The van der Waals surface area contributed by atoms with Crippen LogP contribution in [0.25, 0.3) is 0 Å². The number of rotatable bonds is 4. The Morgan fingerprint density at radius 1 is 0.667 bits per heavy atom. The van der Waals surface area contributed by atoms with Crippen molar-refractivity contribution in [2.24, 2.45) is 0 Å². The fraction of sp³-hybridized carbons (Fsp3) is 0. The Morgan fingerprint density at radius 2 is 1.12 bits per heavy atom. The second kappa shape index (κ2) is 6.36. The summed E-state index contributed by atoms with van der Waals surface area (Å²) in [5, 5.41) is 1.56. The molecular formula is C18H15O4PS. The van der Waals surface area contributed by atoms with E-state index in [0.717, 1.165) is 0 Å². The SMILES string of the molecule is O=P(c1ccccc1)(c1ccccc1)c1cccc(S(=O)(=O)O)c1. The van der Waals surface area contributed by atoms with E-state index >= 15 is 0 Å². The minimum absolute atomic E-state index is 0.271. The van der Waals surface area contributed by atoms with Crippen molar-refractivity contribution in [3.63, 3.8) is 0 Å². The van der Waals surface area contributed by atoms with E-state index in [1.807, 2.05) is 12.1 Å². The summed E-state index contributed by atoms with van der Waals surface area (Å²) in [5.74, 6) is 0. The van der Waals surface area contributed by atoms with Gasteiger partial charge >= 0.3 is 0 Å². The maximum atomic E-state index is 14.0. The Hall–Kier alpha value is -2.20. The molecule has 0 radical (unpaired) electrons. The average molecular weight is 358 g/mol. The van der Waals surface area contributed by atoms with Crippen LogP contribution < -0.4 is 15.9 Å². The maximum absolute atomic E-state index is 14.0. The van der Waals surface area contributed by atoms with Gasteiger partial charge in [-0.3, -0.25) is 4.55 Å². The van der Waals surface area contributed by atoms with Gasteiger partial charge in [0, 0.05) is 15.9 Å². The Balaban J connectivity index is 2.30. The molecule has 0 heterocycles. The first-order chi connectivity index (χ1) is 11.4. The molecule has 0 aliphatic carbocycles. The van der Waals surface area contributed by atoms with E-state index in [2.05, 4.69) is 0 Å². The highest BCUT2D eigenvalue weighted by Crippen LogP contribution is 2.42. The van der Waals surface area contributed by atoms with Crippen LogP contribution in [-0.4, -0.2) is 13.0 Å². The summed E-state index contributed by atoms with van der Waals surface area (Å²) in [4.78, 5) is -0.271. The van der Waals surface area contributed by atoms with Crippen LogP contribution in [0.3, 0.4) is 0 Å². The Bertz CT molecular complexity index is 956. The zero-order valence-electron chi connectivity index (χ0n) is 12.6. The lowest BCUT2D eigenvalue weighted by Gasteiger charge is -2.20. The molecule has 3 aromatic carbocycles. The van der Waals surface area contributed by atoms with E-state index in [9.17, 15) is 17.5 Å². The number of hydrogen-bond acceptors (Lipinski definition) is 3. The molecule has 122 valence electrons. The molecule has 1 N–H and O–H groups in total. The van der Waals surface area contributed by atoms with Crippen molar-refractivity contribution in [2.75, 3.05) is 0 Å². The van der Waals surface area contributed by atoms with Crippen LogP contribution >= 0.6 is 7.14 Å². The standard InChI is InChI=1S/C18H15O4PS/c19-23(15-8-3-1-4-9-15,16-10-5-2-6-11-16)17-12-7-13-18(14-17)24(20,21)22/h1-14H,(H,20,21,22). The monoisotopic (exact) mass is 358 g/mol. The molecule has 0 fully saturated rings. The molecule has 24 heavy (non-hydrogen) atoms. The number of benzene rings is 3. The first kappa shape index (κ1) is 16.7. The predicted molar refractivity (Wildman–Crippen MR) is 95.6 cm³/mol. The smallest absolute Gasteiger partial charge is 0.294 e. The highest BCUT2D eigenvalue weighted by Gasteiger charge is 2.30. The normalized spacial score (nSPS) is 12.0. The summed E-state index contributed by atoms with van der Waals surface area (Å²) in [6, 6.07) is 23.5. The summed E-state index contributed by atoms with van der Waals surface area (Å²) >= 11 is 0. The molecule has 3 aromatic rings. The summed E-state index contributed by atoms with van der Waals surface area (Å²) in [7, 11) is -7.62. The van der Waals surface area contributed by atoms with E-state index in [1.54, 1.807) is 54.6 Å². The Morgan fingerprint density at radius 3 is 1.58 bits per heavy atom. The zero-order chi connectivity index (χ0) is 17.2. The Kier molecular flexibility index (Phi) is 4.41. The van der Waals surface area contributed by atoms with Crippen molar-refractivity contribution in [3.8, 4) is 0 Å². The van der Waals surface area contributed by atoms with Gasteiger partial charge in [-0.25, -0.2) is 0 Å². The molecule has 4 nitrogen and oxygen atoms in total. The van der Waals surface area contributed by atoms with Crippen molar-refractivity contribution in [3.05, 3.63) is 84.9 Å². The van der Waals surface area contributed by atoms with Gasteiger partial charge in [0.1, 0.15) is 0 Å². The first-order valence-electron chi connectivity index (χ1n) is 7.22. The molecule has 0 atom stereocenters. The van der Waals surface area contributed by atoms with Gasteiger partial charge in [0.25, 0.3) is 10.1 Å². The van der Waals surface area contributed by atoms with Crippen molar-refractivity contribution in [1.82, 2.24) is 0 Å². The third-order valence-corrected chi connectivity index (χ3v) is 7.62. The topological polar surface area (TPSA) is 71.4 Å². The molecule has 0 saturated heterocycles. The van der Waals surface area contributed by atoms with Gasteiger partial charge in [-0.2, -0.15) is 8.42 Å². The van der Waals surface area contributed by atoms with Gasteiger partial charge in [-0.1, -0.05) is 72.8 Å². The van der Waals surface area contributed by atoms with Gasteiger partial charge in [0.2, 0.25) is 0 Å². The van der Waals surface area contributed by atoms with Crippen LogP contribution in [0.15, 0.2) is 89.8 Å². The molecule has 0 spiro atoms. The van der Waals surface area contributed by atoms with Gasteiger partial charge < -0.3 is 4.57 Å². The molecule has 0 aromatic heterocycles. The number of hydrogen-bond donors (Lipinski definition) is 1. The molecule has 0 aliphatic heterocycles. The summed E-state index contributed by atoms with van der Waals surface area (Å²) < 4.78 is 46.2. The van der Waals surface area contributed by atoms with E-state index in [1.165, 1.54) is 18.2 Å². The van der Waals surface area contributed by atoms with Crippen LogP contribution in [0.1, 0.15) is 0 Å². The fourth-order valence-corrected chi connectivity index (χ4v) is 5.87. The summed E-state index contributed by atoms with van der Waals surface area (Å²) in [6.07, 6.45) is 0. The molecular weight excluding hydrogens is 343 g/mol. The predicted octanol–water partition coefficient (Wildman–Crippen LogP) is 2.57. The average Bonchev–Trinajstić information content (AvgIpc) is 2.62. The molecule has 0 aliphatic rings. The third-order valence-electron chi connectivity index (χ3n) is 3.72. The second-order valence-electron chi connectivity index (χ2n) is 5.25. The van der Waals surface area contributed by atoms with E-state index in [0.29, 0.717) is 15.9 Å². The molecule has 0 saturated carbocycles. The Labute approximate surface area is 140 Å². The highest BCUT2D eigenvalue weighted by atomic mass is 32.2. The maximum Gasteiger partial charge on any atom is 0.294 e. The summed E-state index contributed by atoms with van der Waals surface area (Å²) in [6.45, 7) is 0. The minimum Gasteiger partial charge on any atom is -0.309 e. The lowest BCUT2D eigenvalue weighted by atomic mass is 10.3. The third kappa shape index (κ3) is 3.06. The second-order valence-corrected chi connectivity index (χ2v) is 9.44. The zero-order valence-corrected chi connectivity index (χ0v) is 14.3. The molecule has 0 bridgehead atoms. The van der Waals surface area contributed by atoms with Crippen LogP contribution in [0.2, 0.25) is 0 Å². The van der Waals surface area contributed by atoms with Crippen LogP contribution in [0.4, 0.5) is 0 Å². The van der Waals surface area contributed by atoms with Gasteiger partial charge in [-0.05, 0) is 12.1 Å². The van der Waals surface area contributed by atoms with Crippen molar-refractivity contribution in [1.29, 1.82) is 0 Å². The molecule has 0 unspecified atom stereocenters. The lowest BCUT2D eigenvalue weighted by molar-refractivity contribution is 0.483. The van der Waals surface area contributed by atoms with Crippen LogP contribution in [-0.2, 0) is 14.7 Å². The molecule has 6 heteroatoms. The fourth-order valence-electron chi connectivity index (χ4n) is 2.56. The van der Waals surface area contributed by atoms with E-state index in [4.69, 9.17) is 0 Å². The van der Waals surface area contributed by atoms with E-state index in [-0.39, 0.29) is 4.90 Å². The van der Waals surface area contributed by atoms with E-state index < -0.39 is 17.3 Å². The van der Waals surface area contributed by atoms with Crippen LogP contribution in [0, 0.1) is 0 Å². The van der Waals surface area contributed by atoms with Gasteiger partial charge in [0.15, 0.2) is 7.14 Å². The highest BCUT2D eigenvalue weighted by molar-refractivity contribution is 7.86. The quantitative estimate of drug-likeness (QED) is 0.575. The van der Waals surface area contributed by atoms with Gasteiger partial charge in [-0.15, -0.1) is 0 Å². The van der Waals surface area contributed by atoms with Crippen molar-refractivity contribution in [2.45, 2.75) is 4.90 Å². The largest absolute Gasteiger partial charge is 0.309 e. The molecule has 3 rings (SSSR count). The molecule has 0 amide bonds. The lowest BCUT2D eigenvalue weighted by Crippen LogP contribution is -2.25. The van der Waals surface area contributed by atoms with Gasteiger partial charge in [0.05, 0.1) is 4.90 Å².